The van der Waals surface area contributed by atoms with Gasteiger partial charge in [0.15, 0.2) is 0 Å². The van der Waals surface area contributed by atoms with Crippen LogP contribution in [0.15, 0.2) is 48.8 Å². The van der Waals surface area contributed by atoms with Crippen LogP contribution in [0.5, 0.6) is 0 Å². The van der Waals surface area contributed by atoms with Crippen LogP contribution in [-0.4, -0.2) is 27.5 Å². The second-order valence-corrected chi connectivity index (χ2v) is 7.25. The molecule has 2 aliphatic heterocycles. The summed E-state index contributed by atoms with van der Waals surface area (Å²) in [5.74, 6) is 0. The molecule has 2 bridgehead atoms. The minimum atomic E-state index is 0.617. The normalized spacial score (nSPS) is 22.9. The number of para-hydroxylation sites is 1. The van der Waals surface area contributed by atoms with Crippen molar-refractivity contribution >= 4 is 10.9 Å². The SMILES string of the molecule is CN1C2CCC1c1c(n(CCc3ccncc3)c3ccccc13)C2. The summed E-state index contributed by atoms with van der Waals surface area (Å²) in [6.45, 7) is 1.06. The molecule has 24 heavy (non-hydrogen) atoms. The molecular formula is C21H23N3. The molecule has 5 rings (SSSR count). The van der Waals surface area contributed by atoms with Crippen molar-refractivity contribution in [1.82, 2.24) is 14.5 Å². The first-order chi connectivity index (χ1) is 11.8. The number of likely N-dealkylation sites (N-methyl/N-ethyl adjacent to an activating group) is 1. The van der Waals surface area contributed by atoms with Gasteiger partial charge in [-0.15, -0.1) is 0 Å². The minimum absolute atomic E-state index is 0.617. The van der Waals surface area contributed by atoms with Crippen LogP contribution in [-0.2, 0) is 19.4 Å². The summed E-state index contributed by atoms with van der Waals surface area (Å²) in [5.41, 5.74) is 5.98. The van der Waals surface area contributed by atoms with E-state index in [0.717, 1.165) is 19.0 Å². The fourth-order valence-electron chi connectivity index (χ4n) is 4.85. The minimum Gasteiger partial charge on any atom is -0.344 e. The topological polar surface area (TPSA) is 21.1 Å². The lowest BCUT2D eigenvalue weighted by atomic mass is 9.97. The average molecular weight is 317 g/mol. The Morgan fingerprint density at radius 2 is 1.92 bits per heavy atom. The zero-order chi connectivity index (χ0) is 16.1. The van der Waals surface area contributed by atoms with Gasteiger partial charge in [-0.05, 0) is 55.6 Å². The molecule has 1 fully saturated rings. The number of pyridine rings is 1. The first-order valence-corrected chi connectivity index (χ1v) is 9.04. The molecule has 0 spiro atoms. The Hall–Kier alpha value is -2.13. The molecule has 0 saturated carbocycles. The number of aromatic nitrogens is 2. The first kappa shape index (κ1) is 14.2. The van der Waals surface area contributed by atoms with Crippen molar-refractivity contribution in [2.45, 2.75) is 44.3 Å². The van der Waals surface area contributed by atoms with Gasteiger partial charge in [0, 0.05) is 54.0 Å². The molecule has 0 N–H and O–H groups in total. The van der Waals surface area contributed by atoms with Crippen LogP contribution in [0.25, 0.3) is 10.9 Å². The molecule has 3 nitrogen and oxygen atoms in total. The monoisotopic (exact) mass is 317 g/mol. The summed E-state index contributed by atoms with van der Waals surface area (Å²) >= 11 is 0. The molecule has 2 aromatic heterocycles. The molecule has 0 amide bonds. The Labute approximate surface area is 142 Å². The van der Waals surface area contributed by atoms with Crippen LogP contribution in [0.4, 0.5) is 0 Å². The van der Waals surface area contributed by atoms with E-state index in [0.29, 0.717) is 6.04 Å². The van der Waals surface area contributed by atoms with E-state index >= 15 is 0 Å². The summed E-state index contributed by atoms with van der Waals surface area (Å²) in [6.07, 6.45) is 8.72. The van der Waals surface area contributed by atoms with Gasteiger partial charge in [-0.25, -0.2) is 0 Å². The zero-order valence-corrected chi connectivity index (χ0v) is 14.2. The van der Waals surface area contributed by atoms with Crippen molar-refractivity contribution < 1.29 is 0 Å². The smallest absolute Gasteiger partial charge is 0.0486 e. The molecule has 2 unspecified atom stereocenters. The Morgan fingerprint density at radius 3 is 2.79 bits per heavy atom. The molecule has 2 atom stereocenters. The standard InChI is InChI=1S/C21H23N3/c1-23-16-6-7-19(23)21-17-4-2-3-5-18(17)24(20(21)14-16)13-10-15-8-11-22-12-9-15/h2-5,8-9,11-12,16,19H,6-7,10,13-14H2,1H3. The third kappa shape index (κ3) is 2.04. The summed E-state index contributed by atoms with van der Waals surface area (Å²) in [4.78, 5) is 6.75. The van der Waals surface area contributed by atoms with Crippen LogP contribution in [0.3, 0.4) is 0 Å². The van der Waals surface area contributed by atoms with Gasteiger partial charge in [-0.2, -0.15) is 0 Å². The predicted molar refractivity (Wildman–Crippen MR) is 97.1 cm³/mol. The molecule has 122 valence electrons. The first-order valence-electron chi connectivity index (χ1n) is 9.04. The van der Waals surface area contributed by atoms with Crippen molar-refractivity contribution in [3.63, 3.8) is 0 Å². The molecule has 1 aromatic carbocycles. The quantitative estimate of drug-likeness (QED) is 0.729. The van der Waals surface area contributed by atoms with Crippen molar-refractivity contribution in [2.75, 3.05) is 7.05 Å². The number of hydrogen-bond donors (Lipinski definition) is 0. The van der Waals surface area contributed by atoms with E-state index < -0.39 is 0 Å². The van der Waals surface area contributed by atoms with Crippen LogP contribution < -0.4 is 0 Å². The van der Waals surface area contributed by atoms with Gasteiger partial charge in [0.25, 0.3) is 0 Å². The molecule has 4 heterocycles. The number of nitrogens with zero attached hydrogens (tertiary/aromatic N) is 3. The maximum absolute atomic E-state index is 4.13. The summed E-state index contributed by atoms with van der Waals surface area (Å²) in [5, 5.41) is 1.47. The van der Waals surface area contributed by atoms with E-state index in [2.05, 4.69) is 57.9 Å². The molecule has 3 heteroatoms. The fraction of sp³-hybridized carbons (Fsp3) is 0.381. The van der Waals surface area contributed by atoms with Crippen molar-refractivity contribution in [3.8, 4) is 0 Å². The highest BCUT2D eigenvalue weighted by molar-refractivity contribution is 5.86. The highest BCUT2D eigenvalue weighted by atomic mass is 15.2. The van der Waals surface area contributed by atoms with Gasteiger partial charge >= 0.3 is 0 Å². The van der Waals surface area contributed by atoms with Crippen LogP contribution in [0.2, 0.25) is 0 Å². The number of rotatable bonds is 3. The molecule has 0 radical (unpaired) electrons. The molecule has 1 saturated heterocycles. The van der Waals surface area contributed by atoms with E-state index in [9.17, 15) is 0 Å². The molecular weight excluding hydrogens is 294 g/mol. The van der Waals surface area contributed by atoms with Gasteiger partial charge in [-0.3, -0.25) is 9.88 Å². The number of fused-ring (bicyclic) bond motifs is 6. The van der Waals surface area contributed by atoms with E-state index in [-0.39, 0.29) is 0 Å². The maximum atomic E-state index is 4.13. The highest BCUT2D eigenvalue weighted by Crippen LogP contribution is 2.46. The average Bonchev–Trinajstić information content (AvgIpc) is 3.05. The second-order valence-electron chi connectivity index (χ2n) is 7.25. The third-order valence-corrected chi connectivity index (χ3v) is 6.10. The van der Waals surface area contributed by atoms with Gasteiger partial charge in [0.1, 0.15) is 0 Å². The maximum Gasteiger partial charge on any atom is 0.0486 e. The second kappa shape index (κ2) is 5.45. The Balaban J connectivity index is 1.60. The lowest BCUT2D eigenvalue weighted by Crippen LogP contribution is -2.34. The molecule has 3 aromatic rings. The largest absolute Gasteiger partial charge is 0.344 e. The lowest BCUT2D eigenvalue weighted by Gasteiger charge is -2.32. The Bertz CT molecular complexity index is 881. The Morgan fingerprint density at radius 1 is 1.08 bits per heavy atom. The third-order valence-electron chi connectivity index (χ3n) is 6.10. The summed E-state index contributed by atoms with van der Waals surface area (Å²) in [7, 11) is 2.31. The van der Waals surface area contributed by atoms with E-state index in [4.69, 9.17) is 0 Å². The predicted octanol–water partition coefficient (Wildman–Crippen LogP) is 3.97. The van der Waals surface area contributed by atoms with Crippen LogP contribution >= 0.6 is 0 Å². The van der Waals surface area contributed by atoms with E-state index in [1.807, 2.05) is 12.4 Å². The van der Waals surface area contributed by atoms with Crippen LogP contribution in [0.1, 0.15) is 35.7 Å². The number of benzene rings is 1. The van der Waals surface area contributed by atoms with E-state index in [1.165, 1.54) is 35.7 Å². The van der Waals surface area contributed by atoms with Crippen molar-refractivity contribution in [2.24, 2.45) is 0 Å². The molecule has 0 aliphatic carbocycles. The van der Waals surface area contributed by atoms with Gasteiger partial charge in [-0.1, -0.05) is 18.2 Å². The molecule has 2 aliphatic rings. The fourth-order valence-corrected chi connectivity index (χ4v) is 4.85. The summed E-state index contributed by atoms with van der Waals surface area (Å²) in [6, 6.07) is 14.6. The van der Waals surface area contributed by atoms with Gasteiger partial charge in [0.05, 0.1) is 0 Å². The lowest BCUT2D eigenvalue weighted by molar-refractivity contribution is 0.222. The van der Waals surface area contributed by atoms with Crippen molar-refractivity contribution in [1.29, 1.82) is 0 Å². The highest BCUT2D eigenvalue weighted by Gasteiger charge is 2.40. The van der Waals surface area contributed by atoms with Crippen LogP contribution in [0, 0.1) is 0 Å². The number of aryl methyl sites for hydroxylation is 2. The Kier molecular flexibility index (Phi) is 3.23. The summed E-state index contributed by atoms with van der Waals surface area (Å²) < 4.78 is 2.60. The van der Waals surface area contributed by atoms with Gasteiger partial charge < -0.3 is 4.57 Å². The number of hydrogen-bond acceptors (Lipinski definition) is 2. The van der Waals surface area contributed by atoms with Crippen molar-refractivity contribution in [3.05, 3.63) is 65.6 Å². The van der Waals surface area contributed by atoms with E-state index in [1.54, 1.807) is 11.3 Å². The zero-order valence-electron chi connectivity index (χ0n) is 14.2. The van der Waals surface area contributed by atoms with Gasteiger partial charge in [0.2, 0.25) is 0 Å².